The second kappa shape index (κ2) is 4.91. The van der Waals surface area contributed by atoms with Crippen molar-refractivity contribution in [3.63, 3.8) is 0 Å². The Hall–Kier alpha value is -1.15. The zero-order chi connectivity index (χ0) is 10.6. The quantitative estimate of drug-likeness (QED) is 0.730. The lowest BCUT2D eigenvalue weighted by Crippen LogP contribution is -1.98. The van der Waals surface area contributed by atoms with Crippen LogP contribution in [-0.4, -0.2) is 5.11 Å². The Balaban J connectivity index is 2.78. The summed E-state index contributed by atoms with van der Waals surface area (Å²) in [6, 6.07) is 4.63. The molecule has 0 spiro atoms. The molecule has 0 heterocycles. The molecule has 0 aliphatic carbocycles. The SMILES string of the molecule is C=CCCC(O)c1cc(C)cc(F)c1. The molecule has 14 heavy (non-hydrogen) atoms. The van der Waals surface area contributed by atoms with E-state index >= 15 is 0 Å². The summed E-state index contributed by atoms with van der Waals surface area (Å²) in [7, 11) is 0. The summed E-state index contributed by atoms with van der Waals surface area (Å²) in [5.41, 5.74) is 1.47. The zero-order valence-corrected chi connectivity index (χ0v) is 8.33. The molecular formula is C12H15FO. The number of aliphatic hydroxyl groups is 1. The van der Waals surface area contributed by atoms with Crippen LogP contribution in [0.5, 0.6) is 0 Å². The number of benzene rings is 1. The molecule has 1 N–H and O–H groups in total. The first-order chi connectivity index (χ1) is 6.63. The molecule has 0 amide bonds. The lowest BCUT2D eigenvalue weighted by molar-refractivity contribution is 0.168. The van der Waals surface area contributed by atoms with Crippen molar-refractivity contribution in [3.05, 3.63) is 47.8 Å². The summed E-state index contributed by atoms with van der Waals surface area (Å²) >= 11 is 0. The monoisotopic (exact) mass is 194 g/mol. The minimum atomic E-state index is -0.595. The third kappa shape index (κ3) is 2.96. The van der Waals surface area contributed by atoms with Gasteiger partial charge in [0.1, 0.15) is 5.82 Å². The molecule has 0 aliphatic heterocycles. The van der Waals surface area contributed by atoms with Gasteiger partial charge in [-0.2, -0.15) is 0 Å². The fourth-order valence-electron chi connectivity index (χ4n) is 1.40. The van der Waals surface area contributed by atoms with Crippen molar-refractivity contribution in [2.45, 2.75) is 25.9 Å². The van der Waals surface area contributed by atoms with Gasteiger partial charge in [-0.25, -0.2) is 4.39 Å². The molecule has 0 fully saturated rings. The highest BCUT2D eigenvalue weighted by Gasteiger charge is 2.07. The van der Waals surface area contributed by atoms with E-state index in [0.717, 1.165) is 12.0 Å². The maximum atomic E-state index is 13.0. The first kappa shape index (κ1) is 10.9. The number of hydrogen-bond acceptors (Lipinski definition) is 1. The van der Waals surface area contributed by atoms with E-state index in [1.54, 1.807) is 12.1 Å². The largest absolute Gasteiger partial charge is 0.388 e. The molecule has 1 unspecified atom stereocenters. The number of aliphatic hydroxyl groups excluding tert-OH is 1. The van der Waals surface area contributed by atoms with Crippen LogP contribution >= 0.6 is 0 Å². The standard InChI is InChI=1S/C12H15FO/c1-3-4-5-12(14)10-6-9(2)7-11(13)8-10/h3,6-8,12,14H,1,4-5H2,2H3. The molecule has 1 aromatic carbocycles. The maximum Gasteiger partial charge on any atom is 0.123 e. The topological polar surface area (TPSA) is 20.2 Å². The van der Waals surface area contributed by atoms with Gasteiger partial charge in [0, 0.05) is 0 Å². The third-order valence-electron chi connectivity index (χ3n) is 2.09. The van der Waals surface area contributed by atoms with E-state index in [2.05, 4.69) is 6.58 Å². The molecule has 76 valence electrons. The van der Waals surface area contributed by atoms with Crippen LogP contribution in [0.3, 0.4) is 0 Å². The van der Waals surface area contributed by atoms with Crippen molar-refractivity contribution >= 4 is 0 Å². The molecule has 0 bridgehead atoms. The summed E-state index contributed by atoms with van der Waals surface area (Å²) in [4.78, 5) is 0. The summed E-state index contributed by atoms with van der Waals surface area (Å²) in [5.74, 6) is -0.294. The molecule has 0 aliphatic rings. The van der Waals surface area contributed by atoms with Crippen molar-refractivity contribution in [2.75, 3.05) is 0 Å². The second-order valence-electron chi connectivity index (χ2n) is 3.44. The van der Waals surface area contributed by atoms with Gasteiger partial charge in [0.05, 0.1) is 6.10 Å². The van der Waals surface area contributed by atoms with Crippen molar-refractivity contribution < 1.29 is 9.50 Å². The van der Waals surface area contributed by atoms with Crippen LogP contribution in [0.25, 0.3) is 0 Å². The van der Waals surface area contributed by atoms with Gasteiger partial charge in [-0.3, -0.25) is 0 Å². The predicted octanol–water partition coefficient (Wildman–Crippen LogP) is 3.13. The molecule has 1 atom stereocenters. The van der Waals surface area contributed by atoms with Gasteiger partial charge in [-0.1, -0.05) is 12.1 Å². The van der Waals surface area contributed by atoms with E-state index < -0.39 is 6.10 Å². The fraction of sp³-hybridized carbons (Fsp3) is 0.333. The molecule has 1 nitrogen and oxygen atoms in total. The highest BCUT2D eigenvalue weighted by atomic mass is 19.1. The van der Waals surface area contributed by atoms with Crippen LogP contribution in [0, 0.1) is 12.7 Å². The van der Waals surface area contributed by atoms with Crippen molar-refractivity contribution in [3.8, 4) is 0 Å². The molecule has 2 heteroatoms. The van der Waals surface area contributed by atoms with Gasteiger partial charge in [0.2, 0.25) is 0 Å². The summed E-state index contributed by atoms with van der Waals surface area (Å²) in [6.07, 6.45) is 2.47. The van der Waals surface area contributed by atoms with Crippen LogP contribution < -0.4 is 0 Å². The summed E-state index contributed by atoms with van der Waals surface area (Å²) < 4.78 is 13.0. The Morgan fingerprint density at radius 1 is 1.50 bits per heavy atom. The van der Waals surface area contributed by atoms with Gasteiger partial charge in [0.15, 0.2) is 0 Å². The predicted molar refractivity (Wildman–Crippen MR) is 55.5 cm³/mol. The first-order valence-electron chi connectivity index (χ1n) is 4.69. The first-order valence-corrected chi connectivity index (χ1v) is 4.69. The average molecular weight is 194 g/mol. The van der Waals surface area contributed by atoms with E-state index in [1.807, 2.05) is 6.92 Å². The summed E-state index contributed by atoms with van der Waals surface area (Å²) in [6.45, 7) is 5.39. The van der Waals surface area contributed by atoms with Crippen LogP contribution in [0.15, 0.2) is 30.9 Å². The molecule has 0 saturated carbocycles. The van der Waals surface area contributed by atoms with Crippen molar-refractivity contribution in [1.29, 1.82) is 0 Å². The molecule has 1 rings (SSSR count). The van der Waals surface area contributed by atoms with E-state index in [1.165, 1.54) is 12.1 Å². The fourth-order valence-corrected chi connectivity index (χ4v) is 1.40. The summed E-state index contributed by atoms with van der Waals surface area (Å²) in [5, 5.41) is 9.69. The van der Waals surface area contributed by atoms with Gasteiger partial charge in [-0.05, 0) is 43.0 Å². The average Bonchev–Trinajstić information content (AvgIpc) is 2.12. The Bertz CT molecular complexity index is 300. The van der Waals surface area contributed by atoms with Gasteiger partial charge < -0.3 is 5.11 Å². The Labute approximate surface area is 83.9 Å². The number of aryl methyl sites for hydroxylation is 1. The molecule has 0 radical (unpaired) electrons. The van der Waals surface area contributed by atoms with Crippen molar-refractivity contribution in [1.82, 2.24) is 0 Å². The van der Waals surface area contributed by atoms with Crippen LogP contribution in [0.4, 0.5) is 4.39 Å². The third-order valence-corrected chi connectivity index (χ3v) is 2.09. The van der Waals surface area contributed by atoms with Crippen LogP contribution in [-0.2, 0) is 0 Å². The molecule has 0 aromatic heterocycles. The van der Waals surface area contributed by atoms with E-state index in [-0.39, 0.29) is 5.82 Å². The number of rotatable bonds is 4. The number of hydrogen-bond donors (Lipinski definition) is 1. The minimum absolute atomic E-state index is 0.294. The minimum Gasteiger partial charge on any atom is -0.388 e. The van der Waals surface area contributed by atoms with Crippen molar-refractivity contribution in [2.24, 2.45) is 0 Å². The highest BCUT2D eigenvalue weighted by molar-refractivity contribution is 5.25. The van der Waals surface area contributed by atoms with E-state index in [9.17, 15) is 9.50 Å². The smallest absolute Gasteiger partial charge is 0.123 e. The highest BCUT2D eigenvalue weighted by Crippen LogP contribution is 2.20. The van der Waals surface area contributed by atoms with Crippen LogP contribution in [0.2, 0.25) is 0 Å². The van der Waals surface area contributed by atoms with Gasteiger partial charge >= 0.3 is 0 Å². The van der Waals surface area contributed by atoms with Gasteiger partial charge in [0.25, 0.3) is 0 Å². The lowest BCUT2D eigenvalue weighted by Gasteiger charge is -2.10. The maximum absolute atomic E-state index is 13.0. The second-order valence-corrected chi connectivity index (χ2v) is 3.44. The number of halogens is 1. The normalized spacial score (nSPS) is 12.5. The molecule has 0 saturated heterocycles. The lowest BCUT2D eigenvalue weighted by atomic mass is 10.0. The number of allylic oxidation sites excluding steroid dienone is 1. The Morgan fingerprint density at radius 3 is 2.79 bits per heavy atom. The molecule has 1 aromatic rings. The zero-order valence-electron chi connectivity index (χ0n) is 8.33. The van der Waals surface area contributed by atoms with E-state index in [4.69, 9.17) is 0 Å². The molecular weight excluding hydrogens is 179 g/mol. The Morgan fingerprint density at radius 2 is 2.21 bits per heavy atom. The van der Waals surface area contributed by atoms with E-state index in [0.29, 0.717) is 12.0 Å². The Kier molecular flexibility index (Phi) is 3.84. The van der Waals surface area contributed by atoms with Crippen LogP contribution in [0.1, 0.15) is 30.1 Å². The van der Waals surface area contributed by atoms with Gasteiger partial charge in [-0.15, -0.1) is 6.58 Å².